The van der Waals surface area contributed by atoms with Crippen LogP contribution in [0, 0.1) is 0 Å². The Morgan fingerprint density at radius 1 is 1.27 bits per heavy atom. The minimum absolute atomic E-state index is 0. The molecule has 0 amide bonds. The van der Waals surface area contributed by atoms with Crippen molar-refractivity contribution in [3.63, 3.8) is 0 Å². The second kappa shape index (κ2) is 5.49. The molecular weight excluding hydrogens is 234 g/mol. The van der Waals surface area contributed by atoms with Gasteiger partial charge in [0.05, 0.1) is 4.90 Å². The molecule has 15 heavy (non-hydrogen) atoms. The Kier molecular flexibility index (Phi) is 5.28. The largest absolute Gasteiger partial charge is 0.324 e. The van der Waals surface area contributed by atoms with Crippen LogP contribution in [0.5, 0.6) is 0 Å². The van der Waals surface area contributed by atoms with E-state index in [9.17, 15) is 8.42 Å². The van der Waals surface area contributed by atoms with Gasteiger partial charge in [-0.05, 0) is 24.1 Å². The SMILES string of the molecule is CC[C@@H](N)c1ccc(S(C)(=O)=O)cc1.Cl. The van der Waals surface area contributed by atoms with E-state index in [1.165, 1.54) is 6.26 Å². The number of benzene rings is 1. The first-order valence-corrected chi connectivity index (χ1v) is 6.40. The Bertz CT molecular complexity index is 400. The molecule has 0 radical (unpaired) electrons. The number of nitrogens with two attached hydrogens (primary N) is 1. The highest BCUT2D eigenvalue weighted by molar-refractivity contribution is 7.90. The minimum Gasteiger partial charge on any atom is -0.324 e. The molecule has 0 aliphatic rings. The van der Waals surface area contributed by atoms with Gasteiger partial charge in [0.15, 0.2) is 9.84 Å². The summed E-state index contributed by atoms with van der Waals surface area (Å²) in [6, 6.07) is 6.72. The molecule has 1 rings (SSSR count). The lowest BCUT2D eigenvalue weighted by Crippen LogP contribution is -2.08. The first kappa shape index (κ1) is 14.4. The maximum Gasteiger partial charge on any atom is 0.175 e. The molecule has 0 fully saturated rings. The lowest BCUT2D eigenvalue weighted by molar-refractivity contribution is 0.601. The topological polar surface area (TPSA) is 60.2 Å². The van der Waals surface area contributed by atoms with E-state index in [4.69, 9.17) is 5.73 Å². The van der Waals surface area contributed by atoms with Crippen LogP contribution in [0.4, 0.5) is 0 Å². The fraction of sp³-hybridized carbons (Fsp3) is 0.400. The van der Waals surface area contributed by atoms with E-state index in [0.717, 1.165) is 12.0 Å². The highest BCUT2D eigenvalue weighted by Crippen LogP contribution is 2.16. The predicted molar refractivity (Wildman–Crippen MR) is 64.0 cm³/mol. The van der Waals surface area contributed by atoms with Gasteiger partial charge in [-0.15, -0.1) is 12.4 Å². The molecule has 0 aliphatic carbocycles. The van der Waals surface area contributed by atoms with Crippen LogP contribution in [0.25, 0.3) is 0 Å². The first-order chi connectivity index (χ1) is 6.45. The summed E-state index contributed by atoms with van der Waals surface area (Å²) in [5, 5.41) is 0. The van der Waals surface area contributed by atoms with E-state index in [1.54, 1.807) is 24.3 Å². The molecule has 3 nitrogen and oxygen atoms in total. The standard InChI is InChI=1S/C10H15NO2S.ClH/c1-3-10(11)8-4-6-9(7-5-8)14(2,12)13;/h4-7,10H,3,11H2,1-2H3;1H/t10-;/m1./s1. The van der Waals surface area contributed by atoms with Crippen molar-refractivity contribution in [2.24, 2.45) is 5.73 Å². The molecule has 0 bridgehead atoms. The van der Waals surface area contributed by atoms with Crippen molar-refractivity contribution in [3.8, 4) is 0 Å². The van der Waals surface area contributed by atoms with Gasteiger partial charge in [0.25, 0.3) is 0 Å². The molecule has 0 saturated carbocycles. The third kappa shape index (κ3) is 3.81. The zero-order valence-electron chi connectivity index (χ0n) is 8.80. The number of hydrogen-bond acceptors (Lipinski definition) is 3. The highest BCUT2D eigenvalue weighted by Gasteiger charge is 2.08. The van der Waals surface area contributed by atoms with Crippen LogP contribution in [0.15, 0.2) is 29.2 Å². The maximum absolute atomic E-state index is 11.2. The van der Waals surface area contributed by atoms with E-state index >= 15 is 0 Å². The monoisotopic (exact) mass is 249 g/mol. The minimum atomic E-state index is -3.09. The summed E-state index contributed by atoms with van der Waals surface area (Å²) >= 11 is 0. The van der Waals surface area contributed by atoms with Crippen molar-refractivity contribution in [2.45, 2.75) is 24.3 Å². The molecule has 0 aromatic heterocycles. The van der Waals surface area contributed by atoms with E-state index in [2.05, 4.69) is 0 Å². The first-order valence-electron chi connectivity index (χ1n) is 4.50. The lowest BCUT2D eigenvalue weighted by atomic mass is 10.1. The lowest BCUT2D eigenvalue weighted by Gasteiger charge is -2.09. The summed E-state index contributed by atoms with van der Waals surface area (Å²) in [5.74, 6) is 0. The predicted octanol–water partition coefficient (Wildman–Crippen LogP) is 1.92. The smallest absolute Gasteiger partial charge is 0.175 e. The second-order valence-electron chi connectivity index (χ2n) is 3.36. The molecule has 86 valence electrons. The molecule has 1 aromatic carbocycles. The molecule has 0 aliphatic heterocycles. The average molecular weight is 250 g/mol. The van der Waals surface area contributed by atoms with Gasteiger partial charge in [0.2, 0.25) is 0 Å². The number of sulfone groups is 1. The van der Waals surface area contributed by atoms with E-state index < -0.39 is 9.84 Å². The molecule has 0 spiro atoms. The summed E-state index contributed by atoms with van der Waals surface area (Å²) < 4.78 is 22.3. The summed E-state index contributed by atoms with van der Waals surface area (Å²) in [4.78, 5) is 0.338. The van der Waals surface area contributed by atoms with Crippen LogP contribution in [0.2, 0.25) is 0 Å². The van der Waals surface area contributed by atoms with Crippen molar-refractivity contribution in [3.05, 3.63) is 29.8 Å². The normalized spacial score (nSPS) is 13.0. The zero-order valence-corrected chi connectivity index (χ0v) is 10.4. The zero-order chi connectivity index (χ0) is 10.8. The van der Waals surface area contributed by atoms with Crippen LogP contribution < -0.4 is 5.73 Å². The van der Waals surface area contributed by atoms with Gasteiger partial charge in [-0.2, -0.15) is 0 Å². The van der Waals surface area contributed by atoms with Crippen LogP contribution >= 0.6 is 12.4 Å². The second-order valence-corrected chi connectivity index (χ2v) is 5.37. The molecular formula is C10H16ClNO2S. The van der Waals surface area contributed by atoms with Crippen molar-refractivity contribution in [1.82, 2.24) is 0 Å². The average Bonchev–Trinajstić information content (AvgIpc) is 2.15. The summed E-state index contributed by atoms with van der Waals surface area (Å²) in [6.07, 6.45) is 2.04. The van der Waals surface area contributed by atoms with Crippen molar-refractivity contribution >= 4 is 22.2 Å². The Hall–Kier alpha value is -0.580. The van der Waals surface area contributed by atoms with Gasteiger partial charge in [0, 0.05) is 12.3 Å². The van der Waals surface area contributed by atoms with E-state index in [0.29, 0.717) is 4.90 Å². The fourth-order valence-corrected chi connectivity index (χ4v) is 1.83. The highest BCUT2D eigenvalue weighted by atomic mass is 35.5. The number of hydrogen-bond donors (Lipinski definition) is 1. The van der Waals surface area contributed by atoms with Crippen molar-refractivity contribution in [1.29, 1.82) is 0 Å². The van der Waals surface area contributed by atoms with Gasteiger partial charge in [-0.1, -0.05) is 19.1 Å². The Balaban J connectivity index is 0.00000196. The molecule has 0 heterocycles. The van der Waals surface area contributed by atoms with Crippen molar-refractivity contribution < 1.29 is 8.42 Å². The quantitative estimate of drug-likeness (QED) is 0.890. The van der Waals surface area contributed by atoms with Gasteiger partial charge in [-0.25, -0.2) is 8.42 Å². The Labute approximate surface area is 97.0 Å². The van der Waals surface area contributed by atoms with Gasteiger partial charge in [-0.3, -0.25) is 0 Å². The third-order valence-corrected chi connectivity index (χ3v) is 3.30. The number of rotatable bonds is 3. The number of halogens is 1. The van der Waals surface area contributed by atoms with E-state index in [1.807, 2.05) is 6.92 Å². The van der Waals surface area contributed by atoms with Crippen LogP contribution in [-0.4, -0.2) is 14.7 Å². The Morgan fingerprint density at radius 3 is 2.07 bits per heavy atom. The van der Waals surface area contributed by atoms with Crippen molar-refractivity contribution in [2.75, 3.05) is 6.26 Å². The summed E-state index contributed by atoms with van der Waals surface area (Å²) in [6.45, 7) is 2.00. The van der Waals surface area contributed by atoms with Gasteiger partial charge in [0.1, 0.15) is 0 Å². The van der Waals surface area contributed by atoms with Crippen LogP contribution in [-0.2, 0) is 9.84 Å². The Morgan fingerprint density at radius 2 is 1.73 bits per heavy atom. The summed E-state index contributed by atoms with van der Waals surface area (Å²) in [5.41, 5.74) is 6.78. The molecule has 2 N–H and O–H groups in total. The van der Waals surface area contributed by atoms with Crippen LogP contribution in [0.1, 0.15) is 24.9 Å². The van der Waals surface area contributed by atoms with Gasteiger partial charge < -0.3 is 5.73 Å². The maximum atomic E-state index is 11.2. The molecule has 0 unspecified atom stereocenters. The van der Waals surface area contributed by atoms with Crippen LogP contribution in [0.3, 0.4) is 0 Å². The fourth-order valence-electron chi connectivity index (χ4n) is 1.20. The van der Waals surface area contributed by atoms with E-state index in [-0.39, 0.29) is 18.4 Å². The molecule has 5 heteroatoms. The molecule has 1 aromatic rings. The molecule has 1 atom stereocenters. The van der Waals surface area contributed by atoms with Gasteiger partial charge >= 0.3 is 0 Å². The third-order valence-electron chi connectivity index (χ3n) is 2.18. The molecule has 0 saturated heterocycles. The summed E-state index contributed by atoms with van der Waals surface area (Å²) in [7, 11) is -3.09.